The molecule has 6 nitrogen and oxygen atoms in total. The lowest BCUT2D eigenvalue weighted by Crippen LogP contribution is -2.41. The lowest BCUT2D eigenvalue weighted by atomic mass is 9.94. The van der Waals surface area contributed by atoms with Gasteiger partial charge in [0.1, 0.15) is 11.6 Å². The number of hydrogen-bond donors (Lipinski definition) is 1. The van der Waals surface area contributed by atoms with Crippen molar-refractivity contribution in [3.8, 4) is 5.75 Å². The monoisotopic (exact) mass is 330 g/mol. The number of amides is 1. The topological polar surface area (TPSA) is 81.3 Å². The molecule has 0 radical (unpaired) electrons. The summed E-state index contributed by atoms with van der Waals surface area (Å²) in [5.74, 6) is 0.444. The van der Waals surface area contributed by atoms with E-state index in [-0.39, 0.29) is 30.2 Å². The van der Waals surface area contributed by atoms with E-state index in [9.17, 15) is 9.18 Å². The smallest absolute Gasteiger partial charge is 0.260 e. The molecule has 1 atom stereocenters. The molecule has 3 rings (SSSR count). The van der Waals surface area contributed by atoms with Gasteiger partial charge in [-0.2, -0.15) is 0 Å². The van der Waals surface area contributed by atoms with Crippen LogP contribution in [0.5, 0.6) is 5.75 Å². The molecule has 7 heteroatoms. The number of ether oxygens (including phenoxy) is 1. The van der Waals surface area contributed by atoms with Crippen LogP contribution in [0.1, 0.15) is 24.5 Å². The minimum absolute atomic E-state index is 0.0652. The van der Waals surface area contributed by atoms with Gasteiger partial charge in [0.25, 0.3) is 5.91 Å². The molecular formula is C17H19FN4O2. The highest BCUT2D eigenvalue weighted by molar-refractivity contribution is 5.78. The third-order valence-electron chi connectivity index (χ3n) is 4.06. The second-order valence-electron chi connectivity index (χ2n) is 5.76. The summed E-state index contributed by atoms with van der Waals surface area (Å²) in [6.07, 6.45) is 3.49. The van der Waals surface area contributed by atoms with E-state index in [1.54, 1.807) is 11.1 Å². The minimum Gasteiger partial charge on any atom is -0.484 e. The molecule has 2 N–H and O–H groups in total. The van der Waals surface area contributed by atoms with Crippen LogP contribution < -0.4 is 10.5 Å². The molecule has 0 bridgehead atoms. The summed E-state index contributed by atoms with van der Waals surface area (Å²) in [6, 6.07) is 7.45. The predicted octanol–water partition coefficient (Wildman–Crippen LogP) is 1.98. The molecule has 126 valence electrons. The maximum atomic E-state index is 12.9. The Balaban J connectivity index is 1.57. The van der Waals surface area contributed by atoms with E-state index in [0.29, 0.717) is 18.8 Å². The molecule has 1 fully saturated rings. The standard InChI is InChI=1S/C17H19FN4O2/c18-13-3-5-14(6-4-13)24-11-16(23)22-9-1-2-12(10-22)15-7-8-20-17(19)21-15/h3-8,12H,1-2,9-11H2,(H2,19,20,21)/t12-/m1/s1. The van der Waals surface area contributed by atoms with Crippen LogP contribution in [0.3, 0.4) is 0 Å². The number of anilines is 1. The summed E-state index contributed by atoms with van der Waals surface area (Å²) in [5.41, 5.74) is 6.49. The molecule has 1 aromatic heterocycles. The number of halogens is 1. The Kier molecular flexibility index (Phi) is 4.88. The van der Waals surface area contributed by atoms with Gasteiger partial charge in [-0.3, -0.25) is 4.79 Å². The van der Waals surface area contributed by atoms with Crippen LogP contribution in [0.15, 0.2) is 36.5 Å². The van der Waals surface area contributed by atoms with E-state index in [4.69, 9.17) is 10.5 Å². The summed E-state index contributed by atoms with van der Waals surface area (Å²) in [4.78, 5) is 22.3. The molecule has 0 spiro atoms. The fourth-order valence-electron chi connectivity index (χ4n) is 2.83. The molecule has 1 aliphatic heterocycles. The van der Waals surface area contributed by atoms with Crippen LogP contribution in [-0.2, 0) is 4.79 Å². The van der Waals surface area contributed by atoms with Crippen molar-refractivity contribution in [3.63, 3.8) is 0 Å². The molecule has 2 aromatic rings. The first-order chi connectivity index (χ1) is 11.6. The SMILES string of the molecule is Nc1nccc([C@@H]2CCCN(C(=O)COc3ccc(F)cc3)C2)n1. The quantitative estimate of drug-likeness (QED) is 0.927. The van der Waals surface area contributed by atoms with Gasteiger partial charge in [0, 0.05) is 25.2 Å². The van der Waals surface area contributed by atoms with Gasteiger partial charge in [0.05, 0.1) is 5.69 Å². The van der Waals surface area contributed by atoms with Crippen molar-refractivity contribution in [2.24, 2.45) is 0 Å². The van der Waals surface area contributed by atoms with E-state index < -0.39 is 0 Å². The van der Waals surface area contributed by atoms with Crippen LogP contribution >= 0.6 is 0 Å². The van der Waals surface area contributed by atoms with Crippen molar-refractivity contribution in [3.05, 3.63) is 48.0 Å². The van der Waals surface area contributed by atoms with E-state index in [1.165, 1.54) is 24.3 Å². The second kappa shape index (κ2) is 7.25. The Morgan fingerprint density at radius 1 is 1.33 bits per heavy atom. The highest BCUT2D eigenvalue weighted by atomic mass is 19.1. The van der Waals surface area contributed by atoms with Crippen molar-refractivity contribution in [1.82, 2.24) is 14.9 Å². The number of piperidine rings is 1. The summed E-state index contributed by atoms with van der Waals surface area (Å²) < 4.78 is 18.3. The van der Waals surface area contributed by atoms with Gasteiger partial charge in [0.2, 0.25) is 5.95 Å². The zero-order valence-corrected chi connectivity index (χ0v) is 13.2. The maximum Gasteiger partial charge on any atom is 0.260 e. The number of nitrogens with zero attached hydrogens (tertiary/aromatic N) is 3. The second-order valence-corrected chi connectivity index (χ2v) is 5.76. The molecule has 1 saturated heterocycles. The average molecular weight is 330 g/mol. The normalized spacial score (nSPS) is 17.5. The summed E-state index contributed by atoms with van der Waals surface area (Å²) >= 11 is 0. The van der Waals surface area contributed by atoms with Crippen molar-refractivity contribution in [2.75, 3.05) is 25.4 Å². The minimum atomic E-state index is -0.336. The number of rotatable bonds is 4. The Morgan fingerprint density at radius 2 is 2.12 bits per heavy atom. The number of likely N-dealkylation sites (tertiary alicyclic amines) is 1. The Hall–Kier alpha value is -2.70. The van der Waals surface area contributed by atoms with Crippen LogP contribution in [0.4, 0.5) is 10.3 Å². The zero-order valence-electron chi connectivity index (χ0n) is 13.2. The molecule has 0 unspecified atom stereocenters. The van der Waals surface area contributed by atoms with E-state index in [1.807, 2.05) is 6.07 Å². The Labute approximate surface area is 139 Å². The zero-order chi connectivity index (χ0) is 16.9. The number of nitrogens with two attached hydrogens (primary N) is 1. The van der Waals surface area contributed by atoms with Crippen molar-refractivity contribution < 1.29 is 13.9 Å². The lowest BCUT2D eigenvalue weighted by molar-refractivity contribution is -0.134. The van der Waals surface area contributed by atoms with Crippen molar-refractivity contribution in [2.45, 2.75) is 18.8 Å². The molecule has 1 amide bonds. The summed E-state index contributed by atoms with van der Waals surface area (Å²) in [7, 11) is 0. The lowest BCUT2D eigenvalue weighted by Gasteiger charge is -2.32. The maximum absolute atomic E-state index is 12.9. The van der Waals surface area contributed by atoms with E-state index >= 15 is 0 Å². The van der Waals surface area contributed by atoms with Gasteiger partial charge < -0.3 is 15.4 Å². The Morgan fingerprint density at radius 3 is 2.88 bits per heavy atom. The third kappa shape index (κ3) is 3.98. The fourth-order valence-corrected chi connectivity index (χ4v) is 2.83. The molecule has 1 aliphatic rings. The van der Waals surface area contributed by atoms with Gasteiger partial charge in [-0.25, -0.2) is 14.4 Å². The molecule has 2 heterocycles. The number of carbonyl (C=O) groups excluding carboxylic acids is 1. The first kappa shape index (κ1) is 16.2. The number of hydrogen-bond acceptors (Lipinski definition) is 5. The number of carbonyl (C=O) groups is 1. The van der Waals surface area contributed by atoms with Gasteiger partial charge in [0.15, 0.2) is 6.61 Å². The van der Waals surface area contributed by atoms with Crippen LogP contribution in [0, 0.1) is 5.82 Å². The van der Waals surface area contributed by atoms with E-state index in [0.717, 1.165) is 18.5 Å². The van der Waals surface area contributed by atoms with Gasteiger partial charge in [-0.1, -0.05) is 0 Å². The van der Waals surface area contributed by atoms with Crippen LogP contribution in [-0.4, -0.2) is 40.5 Å². The molecule has 24 heavy (non-hydrogen) atoms. The third-order valence-corrected chi connectivity index (χ3v) is 4.06. The fraction of sp³-hybridized carbons (Fsp3) is 0.353. The van der Waals surface area contributed by atoms with Crippen LogP contribution in [0.2, 0.25) is 0 Å². The largest absolute Gasteiger partial charge is 0.484 e. The molecule has 0 aliphatic carbocycles. The first-order valence-electron chi connectivity index (χ1n) is 7.86. The van der Waals surface area contributed by atoms with Gasteiger partial charge >= 0.3 is 0 Å². The number of nitrogen functional groups attached to an aromatic ring is 1. The van der Waals surface area contributed by atoms with Gasteiger partial charge in [-0.05, 0) is 43.2 Å². The van der Waals surface area contributed by atoms with Gasteiger partial charge in [-0.15, -0.1) is 0 Å². The summed E-state index contributed by atoms with van der Waals surface area (Å²) in [5, 5.41) is 0. The Bertz CT molecular complexity index is 708. The molecular weight excluding hydrogens is 311 g/mol. The first-order valence-corrected chi connectivity index (χ1v) is 7.86. The highest BCUT2D eigenvalue weighted by Gasteiger charge is 2.26. The average Bonchev–Trinajstić information content (AvgIpc) is 2.61. The predicted molar refractivity (Wildman–Crippen MR) is 86.9 cm³/mol. The highest BCUT2D eigenvalue weighted by Crippen LogP contribution is 2.25. The van der Waals surface area contributed by atoms with E-state index in [2.05, 4.69) is 9.97 Å². The summed E-state index contributed by atoms with van der Waals surface area (Å²) in [6.45, 7) is 1.22. The van der Waals surface area contributed by atoms with Crippen molar-refractivity contribution >= 4 is 11.9 Å². The number of aromatic nitrogens is 2. The molecule has 0 saturated carbocycles. The van der Waals surface area contributed by atoms with Crippen LogP contribution in [0.25, 0.3) is 0 Å². The molecule has 1 aromatic carbocycles. The van der Waals surface area contributed by atoms with Crippen molar-refractivity contribution in [1.29, 1.82) is 0 Å². The number of benzene rings is 1.